The lowest BCUT2D eigenvalue weighted by atomic mass is 9.83. The topological polar surface area (TPSA) is 98.8 Å². The molecule has 250 valence electrons. The first-order chi connectivity index (χ1) is 22.6. The minimum Gasteiger partial charge on any atom is -0.352 e. The van der Waals surface area contributed by atoms with Crippen molar-refractivity contribution >= 4 is 46.0 Å². The highest BCUT2D eigenvalue weighted by atomic mass is 35.5. The Morgan fingerprint density at radius 1 is 0.851 bits per heavy atom. The van der Waals surface area contributed by atoms with Gasteiger partial charge in [0.1, 0.15) is 18.1 Å². The third kappa shape index (κ3) is 8.92. The molecule has 3 aromatic rings. The second kappa shape index (κ2) is 15.8. The van der Waals surface area contributed by atoms with Crippen molar-refractivity contribution in [2.75, 3.05) is 13.1 Å². The van der Waals surface area contributed by atoms with E-state index < -0.39 is 18.1 Å². The number of carbonyl (C=O) groups excluding carboxylic acids is 4. The smallest absolute Gasteiger partial charge is 0.246 e. The van der Waals surface area contributed by atoms with Gasteiger partial charge in [-0.05, 0) is 60.2 Å². The summed E-state index contributed by atoms with van der Waals surface area (Å²) in [6.45, 7) is 5.73. The van der Waals surface area contributed by atoms with E-state index in [2.05, 4.69) is 28.8 Å². The molecule has 0 radical (unpaired) electrons. The van der Waals surface area contributed by atoms with Gasteiger partial charge >= 0.3 is 0 Å². The second-order valence-corrected chi connectivity index (χ2v) is 13.9. The maximum absolute atomic E-state index is 14.6. The van der Waals surface area contributed by atoms with Crippen molar-refractivity contribution in [3.8, 4) is 0 Å². The Labute approximate surface area is 283 Å². The molecule has 1 heterocycles. The largest absolute Gasteiger partial charge is 0.352 e. The number of rotatable bonds is 11. The van der Waals surface area contributed by atoms with Crippen LogP contribution in [-0.4, -0.2) is 70.7 Å². The van der Waals surface area contributed by atoms with Crippen LogP contribution in [0.1, 0.15) is 70.4 Å². The van der Waals surface area contributed by atoms with E-state index in [0.717, 1.165) is 47.6 Å². The Bertz CT molecular complexity index is 1570. The Morgan fingerprint density at radius 2 is 1.53 bits per heavy atom. The van der Waals surface area contributed by atoms with Gasteiger partial charge in [-0.3, -0.25) is 19.2 Å². The van der Waals surface area contributed by atoms with Crippen LogP contribution in [0.2, 0.25) is 5.02 Å². The molecular formula is C38H47ClN4O4. The molecule has 4 amide bonds. The van der Waals surface area contributed by atoms with E-state index in [9.17, 15) is 19.2 Å². The second-order valence-electron chi connectivity index (χ2n) is 13.5. The summed E-state index contributed by atoms with van der Waals surface area (Å²) < 4.78 is 0. The van der Waals surface area contributed by atoms with E-state index in [1.807, 2.05) is 50.2 Å². The van der Waals surface area contributed by atoms with Crippen molar-refractivity contribution in [3.05, 3.63) is 82.9 Å². The molecule has 0 aromatic heterocycles. The third-order valence-corrected chi connectivity index (χ3v) is 9.72. The number of benzene rings is 3. The van der Waals surface area contributed by atoms with Gasteiger partial charge in [-0.2, -0.15) is 0 Å². The first-order valence-corrected chi connectivity index (χ1v) is 17.4. The zero-order valence-corrected chi connectivity index (χ0v) is 28.5. The summed E-state index contributed by atoms with van der Waals surface area (Å²) in [5, 5.41) is 8.68. The van der Waals surface area contributed by atoms with E-state index in [0.29, 0.717) is 23.8 Å². The van der Waals surface area contributed by atoms with Crippen molar-refractivity contribution in [3.63, 3.8) is 0 Å². The predicted octanol–water partition coefficient (Wildman–Crippen LogP) is 5.69. The summed E-state index contributed by atoms with van der Waals surface area (Å²) in [5.41, 5.74) is 1.83. The van der Waals surface area contributed by atoms with E-state index in [1.165, 1.54) is 13.3 Å². The van der Waals surface area contributed by atoms with Gasteiger partial charge in [0.05, 0.1) is 0 Å². The summed E-state index contributed by atoms with van der Waals surface area (Å²) in [5.74, 6) is -0.676. The maximum Gasteiger partial charge on any atom is 0.246 e. The summed E-state index contributed by atoms with van der Waals surface area (Å²) >= 11 is 6.09. The number of nitrogens with one attached hydrogen (secondary N) is 2. The van der Waals surface area contributed by atoms with Gasteiger partial charge in [0.25, 0.3) is 0 Å². The van der Waals surface area contributed by atoms with Gasteiger partial charge in [-0.1, -0.05) is 98.3 Å². The molecule has 47 heavy (non-hydrogen) atoms. The highest BCUT2D eigenvalue weighted by Crippen LogP contribution is 2.32. The lowest BCUT2D eigenvalue weighted by Crippen LogP contribution is -2.66. The average molecular weight is 659 g/mol. The normalized spacial score (nSPS) is 18.7. The standard InChI is InChI=1S/C38H47ClN4O4/c1-25(2)40-36(45)34(24-29-13-16-30-11-7-8-12-31(30)21-29)42-19-20-43(35(38(42)47)23-27-9-5-4-6-10-27)37(46)33(41-26(3)44)22-28-14-17-32(39)18-15-28/h7-8,11-18,21,25,27,33-35H,4-6,9-10,19-20,22-24H2,1-3H3,(H,40,45)(H,41,44)/t33-,34?,35+/m1/s1. The first-order valence-electron chi connectivity index (χ1n) is 17.0. The molecule has 5 rings (SSSR count). The first kappa shape index (κ1) is 34.4. The molecule has 1 aliphatic heterocycles. The minimum absolute atomic E-state index is 0.0936. The van der Waals surface area contributed by atoms with E-state index in [1.54, 1.807) is 21.9 Å². The summed E-state index contributed by atoms with van der Waals surface area (Å²) in [6.07, 6.45) is 6.61. The predicted molar refractivity (Wildman–Crippen MR) is 186 cm³/mol. The Kier molecular flexibility index (Phi) is 11.6. The molecule has 0 spiro atoms. The van der Waals surface area contributed by atoms with Crippen molar-refractivity contribution in [1.29, 1.82) is 0 Å². The van der Waals surface area contributed by atoms with Gasteiger partial charge in [0.15, 0.2) is 0 Å². The maximum atomic E-state index is 14.6. The number of halogens is 1. The van der Waals surface area contributed by atoms with Crippen LogP contribution in [0, 0.1) is 5.92 Å². The molecule has 1 aliphatic carbocycles. The summed E-state index contributed by atoms with van der Waals surface area (Å²) in [6, 6.07) is 19.1. The van der Waals surface area contributed by atoms with Crippen LogP contribution < -0.4 is 10.6 Å². The molecular weight excluding hydrogens is 612 g/mol. The molecule has 3 aromatic carbocycles. The fourth-order valence-corrected chi connectivity index (χ4v) is 7.29. The molecule has 2 fully saturated rings. The number of nitrogens with zero attached hydrogens (tertiary/aromatic N) is 2. The molecule has 0 bridgehead atoms. The molecule has 3 atom stereocenters. The fraction of sp³-hybridized carbons (Fsp3) is 0.474. The number of piperazine rings is 1. The monoisotopic (exact) mass is 658 g/mol. The quantitative estimate of drug-likeness (QED) is 0.277. The van der Waals surface area contributed by atoms with Crippen LogP contribution in [0.5, 0.6) is 0 Å². The van der Waals surface area contributed by atoms with Crippen LogP contribution >= 0.6 is 11.6 Å². The fourth-order valence-electron chi connectivity index (χ4n) is 7.16. The van der Waals surface area contributed by atoms with Gasteiger partial charge < -0.3 is 20.4 Å². The Morgan fingerprint density at radius 3 is 2.21 bits per heavy atom. The van der Waals surface area contributed by atoms with Crippen LogP contribution in [0.4, 0.5) is 0 Å². The molecule has 8 nitrogen and oxygen atoms in total. The van der Waals surface area contributed by atoms with Crippen LogP contribution in [0.3, 0.4) is 0 Å². The molecule has 2 aliphatic rings. The van der Waals surface area contributed by atoms with Gasteiger partial charge in [0.2, 0.25) is 23.6 Å². The lowest BCUT2D eigenvalue weighted by molar-refractivity contribution is -0.158. The van der Waals surface area contributed by atoms with Crippen molar-refractivity contribution in [2.24, 2.45) is 5.92 Å². The Hall–Kier alpha value is -3.91. The van der Waals surface area contributed by atoms with Crippen molar-refractivity contribution in [1.82, 2.24) is 20.4 Å². The number of hydrogen-bond acceptors (Lipinski definition) is 4. The number of carbonyl (C=O) groups is 4. The number of amides is 4. The van der Waals surface area contributed by atoms with E-state index in [-0.39, 0.29) is 49.2 Å². The summed E-state index contributed by atoms with van der Waals surface area (Å²) in [7, 11) is 0. The number of fused-ring (bicyclic) bond motifs is 1. The highest BCUT2D eigenvalue weighted by Gasteiger charge is 2.44. The van der Waals surface area contributed by atoms with E-state index >= 15 is 0 Å². The molecule has 2 N–H and O–H groups in total. The van der Waals surface area contributed by atoms with Gasteiger partial charge in [-0.25, -0.2) is 0 Å². The number of hydrogen-bond donors (Lipinski definition) is 2. The van der Waals surface area contributed by atoms with Gasteiger partial charge in [-0.15, -0.1) is 0 Å². The van der Waals surface area contributed by atoms with E-state index in [4.69, 9.17) is 11.6 Å². The van der Waals surface area contributed by atoms with Crippen LogP contribution in [-0.2, 0) is 32.0 Å². The Balaban J connectivity index is 1.45. The van der Waals surface area contributed by atoms with Gasteiger partial charge in [0, 0.05) is 43.9 Å². The summed E-state index contributed by atoms with van der Waals surface area (Å²) in [4.78, 5) is 58.4. The molecule has 1 saturated carbocycles. The van der Waals surface area contributed by atoms with Crippen LogP contribution in [0.15, 0.2) is 66.7 Å². The SMILES string of the molecule is CC(=O)N[C@H](Cc1ccc(Cl)cc1)C(=O)N1CCN(C(Cc2ccc3ccccc3c2)C(=O)NC(C)C)C(=O)[C@@H]1CC1CCCCC1. The molecule has 9 heteroatoms. The molecule has 1 unspecified atom stereocenters. The zero-order valence-electron chi connectivity index (χ0n) is 27.7. The third-order valence-electron chi connectivity index (χ3n) is 9.47. The highest BCUT2D eigenvalue weighted by molar-refractivity contribution is 6.30. The molecule has 1 saturated heterocycles. The van der Waals surface area contributed by atoms with Crippen molar-refractivity contribution < 1.29 is 19.2 Å². The van der Waals surface area contributed by atoms with Crippen LogP contribution in [0.25, 0.3) is 10.8 Å². The minimum atomic E-state index is -0.834. The zero-order chi connectivity index (χ0) is 33.5. The van der Waals surface area contributed by atoms with Crippen molar-refractivity contribution in [2.45, 2.75) is 96.3 Å². The lowest BCUT2D eigenvalue weighted by Gasteiger charge is -2.45. The average Bonchev–Trinajstić information content (AvgIpc) is 3.05.